The number of amides is 1. The largest absolute Gasteiger partial charge is 0.355 e. The third kappa shape index (κ3) is 9.19. The van der Waals surface area contributed by atoms with Crippen LogP contribution in [-0.2, 0) is 4.79 Å². The molecule has 0 fully saturated rings. The average Bonchev–Trinajstić information content (AvgIpc) is 2.20. The first-order chi connectivity index (χ1) is 7.06. The van der Waals surface area contributed by atoms with E-state index >= 15 is 0 Å². The van der Waals surface area contributed by atoms with E-state index in [0.717, 1.165) is 18.5 Å². The van der Waals surface area contributed by atoms with Crippen LogP contribution in [0.4, 0.5) is 0 Å². The van der Waals surface area contributed by atoms with E-state index < -0.39 is 0 Å². The van der Waals surface area contributed by atoms with Crippen molar-refractivity contribution in [2.75, 3.05) is 13.1 Å². The summed E-state index contributed by atoms with van der Waals surface area (Å²) < 4.78 is 0. The molecule has 0 aromatic heterocycles. The van der Waals surface area contributed by atoms with Crippen molar-refractivity contribution in [1.29, 1.82) is 0 Å². The van der Waals surface area contributed by atoms with Gasteiger partial charge < -0.3 is 5.32 Å². The zero-order valence-electron chi connectivity index (χ0n) is 10.0. The molecule has 0 aliphatic heterocycles. The Kier molecular flexibility index (Phi) is 7.60. The van der Waals surface area contributed by atoms with Crippen LogP contribution in [0.25, 0.3) is 0 Å². The molecular formula is C12H22N2O. The summed E-state index contributed by atoms with van der Waals surface area (Å²) in [7, 11) is 0. The Morgan fingerprint density at radius 2 is 2.27 bits per heavy atom. The molecule has 0 aliphatic carbocycles. The Morgan fingerprint density at radius 1 is 1.60 bits per heavy atom. The zero-order chi connectivity index (χ0) is 11.7. The maximum Gasteiger partial charge on any atom is 0.219 e. The molecule has 0 rings (SSSR count). The number of nitrogens with zero attached hydrogens (tertiary/aromatic N) is 1. The Balaban J connectivity index is 3.59. The molecule has 15 heavy (non-hydrogen) atoms. The van der Waals surface area contributed by atoms with E-state index in [1.54, 1.807) is 0 Å². The van der Waals surface area contributed by atoms with E-state index in [2.05, 4.69) is 16.9 Å². The quantitative estimate of drug-likeness (QED) is 0.508. The number of hydrogen-bond acceptors (Lipinski definition) is 2. The fourth-order valence-corrected chi connectivity index (χ4v) is 0.962. The molecular weight excluding hydrogens is 188 g/mol. The zero-order valence-corrected chi connectivity index (χ0v) is 10.0. The second kappa shape index (κ2) is 8.21. The van der Waals surface area contributed by atoms with Crippen molar-refractivity contribution >= 4 is 12.1 Å². The standard InChI is InChI=1S/C12H22N2O/c1-5-12(15)14-9-11(4)8-13-7-6-10(2)3/h8,11H,2,5-7,9H2,1,3-4H3,(H,14,15). The maximum absolute atomic E-state index is 11.0. The third-order valence-corrected chi connectivity index (χ3v) is 1.97. The molecule has 0 aliphatic rings. The van der Waals surface area contributed by atoms with E-state index in [-0.39, 0.29) is 5.91 Å². The van der Waals surface area contributed by atoms with Crippen molar-refractivity contribution in [2.45, 2.75) is 33.6 Å². The molecule has 1 amide bonds. The van der Waals surface area contributed by atoms with Crippen LogP contribution in [0.15, 0.2) is 17.1 Å². The number of rotatable bonds is 7. The average molecular weight is 210 g/mol. The SMILES string of the molecule is C=C(C)CCN=CC(C)CNC(=O)CC. The van der Waals surface area contributed by atoms with Crippen LogP contribution in [0.2, 0.25) is 0 Å². The first-order valence-corrected chi connectivity index (χ1v) is 5.47. The highest BCUT2D eigenvalue weighted by Gasteiger charge is 2.00. The Hall–Kier alpha value is -1.12. The molecule has 1 unspecified atom stereocenters. The maximum atomic E-state index is 11.0. The summed E-state index contributed by atoms with van der Waals surface area (Å²) >= 11 is 0. The van der Waals surface area contributed by atoms with Gasteiger partial charge in [0.25, 0.3) is 0 Å². The molecule has 0 bridgehead atoms. The summed E-state index contributed by atoms with van der Waals surface area (Å²) in [4.78, 5) is 15.2. The van der Waals surface area contributed by atoms with E-state index in [1.807, 2.05) is 27.0 Å². The lowest BCUT2D eigenvalue weighted by atomic mass is 10.2. The van der Waals surface area contributed by atoms with Crippen molar-refractivity contribution < 1.29 is 4.79 Å². The van der Waals surface area contributed by atoms with Gasteiger partial charge in [0.05, 0.1) is 0 Å². The van der Waals surface area contributed by atoms with Crippen molar-refractivity contribution in [1.82, 2.24) is 5.32 Å². The number of carbonyl (C=O) groups excluding carboxylic acids is 1. The summed E-state index contributed by atoms with van der Waals surface area (Å²) in [6.07, 6.45) is 3.38. The molecule has 1 atom stereocenters. The number of carbonyl (C=O) groups is 1. The molecule has 0 aromatic carbocycles. The molecule has 3 heteroatoms. The lowest BCUT2D eigenvalue weighted by Crippen LogP contribution is -2.27. The first kappa shape index (κ1) is 13.9. The highest BCUT2D eigenvalue weighted by atomic mass is 16.1. The van der Waals surface area contributed by atoms with Gasteiger partial charge >= 0.3 is 0 Å². The second-order valence-corrected chi connectivity index (χ2v) is 3.90. The summed E-state index contributed by atoms with van der Waals surface area (Å²) in [5.41, 5.74) is 1.15. The van der Waals surface area contributed by atoms with Gasteiger partial charge in [-0.2, -0.15) is 0 Å². The molecule has 1 N–H and O–H groups in total. The Bertz CT molecular complexity index is 234. The van der Waals surface area contributed by atoms with Gasteiger partial charge in [-0.3, -0.25) is 9.79 Å². The van der Waals surface area contributed by atoms with Gasteiger partial charge in [-0.25, -0.2) is 0 Å². The molecule has 0 spiro atoms. The topological polar surface area (TPSA) is 41.5 Å². The van der Waals surface area contributed by atoms with Gasteiger partial charge in [0.1, 0.15) is 0 Å². The van der Waals surface area contributed by atoms with E-state index in [1.165, 1.54) is 0 Å². The van der Waals surface area contributed by atoms with Gasteiger partial charge in [0.2, 0.25) is 5.91 Å². The van der Waals surface area contributed by atoms with Crippen LogP contribution in [0.1, 0.15) is 33.6 Å². The molecule has 0 aromatic rings. The van der Waals surface area contributed by atoms with Crippen LogP contribution >= 0.6 is 0 Å². The predicted octanol–water partition coefficient (Wildman–Crippen LogP) is 2.19. The second-order valence-electron chi connectivity index (χ2n) is 3.90. The van der Waals surface area contributed by atoms with Crippen LogP contribution < -0.4 is 5.32 Å². The van der Waals surface area contributed by atoms with Crippen molar-refractivity contribution in [3.8, 4) is 0 Å². The number of nitrogens with one attached hydrogen (secondary N) is 1. The smallest absolute Gasteiger partial charge is 0.219 e. The highest BCUT2D eigenvalue weighted by molar-refractivity contribution is 5.76. The molecule has 0 heterocycles. The van der Waals surface area contributed by atoms with Gasteiger partial charge in [-0.05, 0) is 13.3 Å². The van der Waals surface area contributed by atoms with E-state index in [4.69, 9.17) is 0 Å². The first-order valence-electron chi connectivity index (χ1n) is 5.47. The fraction of sp³-hybridized carbons (Fsp3) is 0.667. The van der Waals surface area contributed by atoms with Crippen molar-refractivity contribution in [3.05, 3.63) is 12.2 Å². The Labute approximate surface area is 92.7 Å². The molecule has 3 nitrogen and oxygen atoms in total. The lowest BCUT2D eigenvalue weighted by molar-refractivity contribution is -0.120. The summed E-state index contributed by atoms with van der Waals surface area (Å²) in [5.74, 6) is 0.391. The number of hydrogen-bond donors (Lipinski definition) is 1. The normalized spacial score (nSPS) is 12.7. The third-order valence-electron chi connectivity index (χ3n) is 1.97. The van der Waals surface area contributed by atoms with Gasteiger partial charge in [0.15, 0.2) is 0 Å². The minimum Gasteiger partial charge on any atom is -0.355 e. The van der Waals surface area contributed by atoms with Crippen LogP contribution in [-0.4, -0.2) is 25.2 Å². The fourth-order valence-electron chi connectivity index (χ4n) is 0.962. The van der Waals surface area contributed by atoms with E-state index in [9.17, 15) is 4.79 Å². The molecule has 0 saturated heterocycles. The minimum absolute atomic E-state index is 0.0946. The molecule has 86 valence electrons. The van der Waals surface area contributed by atoms with E-state index in [0.29, 0.717) is 18.9 Å². The van der Waals surface area contributed by atoms with Gasteiger partial charge in [-0.15, -0.1) is 6.58 Å². The predicted molar refractivity (Wildman–Crippen MR) is 65.3 cm³/mol. The Morgan fingerprint density at radius 3 is 2.80 bits per heavy atom. The van der Waals surface area contributed by atoms with Crippen LogP contribution in [0.3, 0.4) is 0 Å². The molecule has 0 saturated carbocycles. The summed E-state index contributed by atoms with van der Waals surface area (Å²) in [5, 5.41) is 2.83. The van der Waals surface area contributed by atoms with Crippen LogP contribution in [0, 0.1) is 5.92 Å². The molecule has 0 radical (unpaired) electrons. The highest BCUT2D eigenvalue weighted by Crippen LogP contribution is 1.95. The lowest BCUT2D eigenvalue weighted by Gasteiger charge is -2.06. The van der Waals surface area contributed by atoms with Gasteiger partial charge in [-0.1, -0.05) is 19.4 Å². The van der Waals surface area contributed by atoms with Crippen molar-refractivity contribution in [2.24, 2.45) is 10.9 Å². The summed E-state index contributed by atoms with van der Waals surface area (Å²) in [6, 6.07) is 0. The minimum atomic E-state index is 0.0946. The number of aliphatic imine (C=N–C) groups is 1. The summed E-state index contributed by atoms with van der Waals surface area (Å²) in [6.45, 7) is 11.2. The van der Waals surface area contributed by atoms with Gasteiger partial charge in [0, 0.05) is 31.6 Å². The monoisotopic (exact) mass is 210 g/mol. The van der Waals surface area contributed by atoms with Crippen LogP contribution in [0.5, 0.6) is 0 Å². The van der Waals surface area contributed by atoms with Crippen molar-refractivity contribution in [3.63, 3.8) is 0 Å².